The van der Waals surface area contributed by atoms with Gasteiger partial charge < -0.3 is 5.11 Å². The Morgan fingerprint density at radius 2 is 2.08 bits per heavy atom. The van der Waals surface area contributed by atoms with Crippen molar-refractivity contribution in [2.45, 2.75) is 0 Å². The molecule has 1 aromatic heterocycles. The normalized spacial score (nSPS) is 11.1. The first kappa shape index (κ1) is 16.9. The van der Waals surface area contributed by atoms with Gasteiger partial charge in [-0.1, -0.05) is 11.6 Å². The molecule has 0 aliphatic rings. The van der Waals surface area contributed by atoms with Gasteiger partial charge in [0.25, 0.3) is 11.6 Å². The number of benzene rings is 2. The van der Waals surface area contributed by atoms with E-state index in [1.54, 1.807) is 18.2 Å². The predicted octanol–water partition coefficient (Wildman–Crippen LogP) is 3.93. The van der Waals surface area contributed by atoms with Crippen LogP contribution in [0.5, 0.6) is 5.75 Å². The topological polar surface area (TPSA) is 105 Å². The lowest BCUT2D eigenvalue weighted by Crippen LogP contribution is -2.16. The Bertz CT molecular complexity index is 1020. The highest BCUT2D eigenvalue weighted by atomic mass is 35.5. The number of nitro groups is 1. The van der Waals surface area contributed by atoms with Crippen molar-refractivity contribution < 1.29 is 14.8 Å². The molecule has 0 saturated heterocycles. The van der Waals surface area contributed by atoms with Gasteiger partial charge in [0, 0.05) is 22.2 Å². The second-order valence-electron chi connectivity index (χ2n) is 5.00. The van der Waals surface area contributed by atoms with Crippen LogP contribution in [0.2, 0.25) is 5.02 Å². The fourth-order valence-electron chi connectivity index (χ4n) is 2.08. The van der Waals surface area contributed by atoms with E-state index in [1.165, 1.54) is 41.8 Å². The lowest BCUT2D eigenvalue weighted by atomic mass is 10.2. The van der Waals surface area contributed by atoms with E-state index in [9.17, 15) is 20.0 Å². The van der Waals surface area contributed by atoms with Crippen LogP contribution in [-0.2, 0) is 0 Å². The molecular weight excluding hydrogens is 366 g/mol. The van der Waals surface area contributed by atoms with Crippen molar-refractivity contribution in [3.63, 3.8) is 0 Å². The van der Waals surface area contributed by atoms with Crippen LogP contribution < -0.4 is 5.43 Å². The molecule has 2 N–H and O–H groups in total. The van der Waals surface area contributed by atoms with Crippen molar-refractivity contribution >= 4 is 50.8 Å². The van der Waals surface area contributed by atoms with E-state index in [0.717, 1.165) is 4.70 Å². The summed E-state index contributed by atoms with van der Waals surface area (Å²) in [7, 11) is 0. The van der Waals surface area contributed by atoms with Gasteiger partial charge in [-0.2, -0.15) is 5.10 Å². The number of hydrazone groups is 1. The minimum absolute atomic E-state index is 0.0283. The molecule has 0 unspecified atom stereocenters. The number of non-ortho nitro benzene ring substituents is 1. The predicted molar refractivity (Wildman–Crippen MR) is 96.7 cm³/mol. The van der Waals surface area contributed by atoms with E-state index in [1.807, 2.05) is 0 Å². The third-order valence-electron chi connectivity index (χ3n) is 3.29. The zero-order valence-electron chi connectivity index (χ0n) is 12.5. The van der Waals surface area contributed by atoms with Crippen LogP contribution in [0.4, 0.5) is 5.69 Å². The van der Waals surface area contributed by atoms with Gasteiger partial charge in [0.05, 0.1) is 21.0 Å². The van der Waals surface area contributed by atoms with Gasteiger partial charge in [-0.25, -0.2) is 5.43 Å². The van der Waals surface area contributed by atoms with E-state index in [4.69, 9.17) is 11.6 Å². The SMILES string of the molecule is O=C(NN=Cc1ccc(O)c(Cl)c1)c1cc2cc([N+](=O)[O-])ccc2s1. The molecule has 25 heavy (non-hydrogen) atoms. The lowest BCUT2D eigenvalue weighted by Gasteiger charge is -1.98. The molecule has 0 saturated carbocycles. The zero-order chi connectivity index (χ0) is 18.0. The molecular formula is C16H10ClN3O4S. The van der Waals surface area contributed by atoms with E-state index in [0.29, 0.717) is 15.8 Å². The number of hydrogen-bond acceptors (Lipinski definition) is 6. The van der Waals surface area contributed by atoms with Gasteiger partial charge in [0.15, 0.2) is 0 Å². The molecule has 1 heterocycles. The highest BCUT2D eigenvalue weighted by Crippen LogP contribution is 2.29. The Morgan fingerprint density at radius 3 is 2.80 bits per heavy atom. The summed E-state index contributed by atoms with van der Waals surface area (Å²) in [6.45, 7) is 0. The summed E-state index contributed by atoms with van der Waals surface area (Å²) < 4.78 is 0.769. The zero-order valence-corrected chi connectivity index (χ0v) is 14.0. The first-order chi connectivity index (χ1) is 11.9. The number of carbonyl (C=O) groups is 1. The Hall–Kier alpha value is -2.97. The minimum atomic E-state index is -0.482. The average Bonchev–Trinajstić information content (AvgIpc) is 3.01. The molecule has 9 heteroatoms. The van der Waals surface area contributed by atoms with Crippen LogP contribution in [-0.4, -0.2) is 22.2 Å². The molecule has 0 spiro atoms. The number of aromatic hydroxyl groups is 1. The molecule has 2 aromatic carbocycles. The van der Waals surface area contributed by atoms with Gasteiger partial charge in [-0.05, 0) is 35.9 Å². The smallest absolute Gasteiger partial charge is 0.281 e. The molecule has 0 fully saturated rings. The second kappa shape index (κ2) is 6.88. The summed E-state index contributed by atoms with van der Waals surface area (Å²) in [5.41, 5.74) is 2.96. The number of fused-ring (bicyclic) bond motifs is 1. The summed E-state index contributed by atoms with van der Waals surface area (Å²) in [6, 6.07) is 10.5. The van der Waals surface area contributed by atoms with E-state index < -0.39 is 10.8 Å². The highest BCUT2D eigenvalue weighted by Gasteiger charge is 2.12. The van der Waals surface area contributed by atoms with Crippen LogP contribution in [0.15, 0.2) is 47.6 Å². The number of hydrogen-bond donors (Lipinski definition) is 2. The number of phenols is 1. The molecule has 3 rings (SSSR count). The quantitative estimate of drug-likeness (QED) is 0.409. The maximum Gasteiger partial charge on any atom is 0.281 e. The summed E-state index contributed by atoms with van der Waals surface area (Å²) in [5, 5.41) is 24.8. The van der Waals surface area contributed by atoms with Crippen LogP contribution >= 0.6 is 22.9 Å². The molecule has 0 aliphatic heterocycles. The van der Waals surface area contributed by atoms with Crippen LogP contribution in [0.1, 0.15) is 15.2 Å². The third-order valence-corrected chi connectivity index (χ3v) is 4.70. The number of thiophene rings is 1. The summed E-state index contributed by atoms with van der Waals surface area (Å²) in [5.74, 6) is -0.466. The van der Waals surface area contributed by atoms with Crippen LogP contribution in [0.3, 0.4) is 0 Å². The molecule has 0 atom stereocenters. The Kier molecular flexibility index (Phi) is 4.64. The van der Waals surface area contributed by atoms with Crippen molar-refractivity contribution in [1.29, 1.82) is 0 Å². The molecule has 0 aliphatic carbocycles. The molecule has 1 amide bonds. The van der Waals surface area contributed by atoms with Crippen molar-refractivity contribution in [3.8, 4) is 5.75 Å². The average molecular weight is 376 g/mol. The lowest BCUT2D eigenvalue weighted by molar-refractivity contribution is -0.384. The summed E-state index contributed by atoms with van der Waals surface area (Å²) in [6.07, 6.45) is 1.39. The summed E-state index contributed by atoms with van der Waals surface area (Å²) in [4.78, 5) is 22.8. The molecule has 0 radical (unpaired) electrons. The first-order valence-corrected chi connectivity index (χ1v) is 8.13. The Balaban J connectivity index is 1.74. The monoisotopic (exact) mass is 375 g/mol. The van der Waals surface area contributed by atoms with E-state index in [2.05, 4.69) is 10.5 Å². The number of nitrogens with zero attached hydrogens (tertiary/aromatic N) is 2. The maximum atomic E-state index is 12.1. The number of nitro benzene ring substituents is 1. The van der Waals surface area contributed by atoms with Crippen molar-refractivity contribution in [3.05, 3.63) is 68.0 Å². The molecule has 3 aromatic rings. The largest absolute Gasteiger partial charge is 0.506 e. The number of rotatable bonds is 4. The number of amides is 1. The minimum Gasteiger partial charge on any atom is -0.506 e. The second-order valence-corrected chi connectivity index (χ2v) is 6.49. The molecule has 0 bridgehead atoms. The Morgan fingerprint density at radius 1 is 1.28 bits per heavy atom. The first-order valence-electron chi connectivity index (χ1n) is 6.94. The number of nitrogens with one attached hydrogen (secondary N) is 1. The molecule has 126 valence electrons. The van der Waals surface area contributed by atoms with Gasteiger partial charge in [0.1, 0.15) is 5.75 Å². The standard InChI is InChI=1S/C16H10ClN3O4S/c17-12-5-9(1-3-13(12)21)8-18-19-16(22)15-7-10-6-11(20(23)24)2-4-14(10)25-15/h1-8,21H,(H,19,22). The van der Waals surface area contributed by atoms with Gasteiger partial charge in [-0.15, -0.1) is 11.3 Å². The van der Waals surface area contributed by atoms with Crippen molar-refractivity contribution in [2.24, 2.45) is 5.10 Å². The number of carbonyl (C=O) groups excluding carboxylic acids is 1. The van der Waals surface area contributed by atoms with Crippen LogP contribution in [0, 0.1) is 10.1 Å². The van der Waals surface area contributed by atoms with Crippen molar-refractivity contribution in [2.75, 3.05) is 0 Å². The van der Waals surface area contributed by atoms with Gasteiger partial charge in [0.2, 0.25) is 0 Å². The van der Waals surface area contributed by atoms with E-state index in [-0.39, 0.29) is 16.5 Å². The Labute approximate surface area is 150 Å². The van der Waals surface area contributed by atoms with Gasteiger partial charge >= 0.3 is 0 Å². The highest BCUT2D eigenvalue weighted by molar-refractivity contribution is 7.20. The number of halogens is 1. The van der Waals surface area contributed by atoms with Crippen molar-refractivity contribution in [1.82, 2.24) is 5.43 Å². The van der Waals surface area contributed by atoms with E-state index >= 15 is 0 Å². The summed E-state index contributed by atoms with van der Waals surface area (Å²) >= 11 is 7.00. The molecule has 7 nitrogen and oxygen atoms in total. The van der Waals surface area contributed by atoms with Gasteiger partial charge in [-0.3, -0.25) is 14.9 Å². The third kappa shape index (κ3) is 3.76. The fraction of sp³-hybridized carbons (Fsp3) is 0. The fourth-order valence-corrected chi connectivity index (χ4v) is 3.20. The number of phenolic OH excluding ortho intramolecular Hbond substituents is 1. The maximum absolute atomic E-state index is 12.1. The van der Waals surface area contributed by atoms with Crippen LogP contribution in [0.25, 0.3) is 10.1 Å².